The summed E-state index contributed by atoms with van der Waals surface area (Å²) >= 11 is 1.90. The normalized spacial score (nSPS) is 11.6. The molecule has 0 aliphatic carbocycles. The van der Waals surface area contributed by atoms with Crippen molar-refractivity contribution in [2.75, 3.05) is 0 Å². The van der Waals surface area contributed by atoms with Crippen LogP contribution in [0.5, 0.6) is 0 Å². The van der Waals surface area contributed by atoms with Gasteiger partial charge in [-0.1, -0.05) is 140 Å². The Hall–Kier alpha value is -4.72. The van der Waals surface area contributed by atoms with Crippen LogP contribution in [0.4, 0.5) is 0 Å². The van der Waals surface area contributed by atoms with Gasteiger partial charge in [-0.3, -0.25) is 0 Å². The maximum absolute atomic E-state index is 2.41. The fourth-order valence-electron chi connectivity index (χ4n) is 6.11. The highest BCUT2D eigenvalue weighted by molar-refractivity contribution is 7.23. The third kappa shape index (κ3) is 3.51. The van der Waals surface area contributed by atoms with Crippen LogP contribution in [0.3, 0.4) is 0 Å². The standard InChI is InChI=1S/C38H24S/c1-3-12-25(13-4-1)36-34-21-11-20-28(38(34)39-37(36)26-14-5-2-6-15-26)27-22-23-33-31-18-8-7-16-29(31)30-17-9-10-19-32(30)35(33)24-27/h1-24H. The zero-order valence-corrected chi connectivity index (χ0v) is 22.1. The van der Waals surface area contributed by atoms with Crippen LogP contribution in [0.25, 0.3) is 75.1 Å². The lowest BCUT2D eigenvalue weighted by molar-refractivity contribution is 1.66. The summed E-state index contributed by atoms with van der Waals surface area (Å²) in [5.74, 6) is 0. The van der Waals surface area contributed by atoms with Crippen molar-refractivity contribution in [3.8, 4) is 32.7 Å². The van der Waals surface area contributed by atoms with Crippen molar-refractivity contribution in [1.82, 2.24) is 0 Å². The number of fused-ring (bicyclic) bond motifs is 7. The van der Waals surface area contributed by atoms with Gasteiger partial charge in [0.05, 0.1) is 0 Å². The molecule has 1 heteroatoms. The summed E-state index contributed by atoms with van der Waals surface area (Å²) in [4.78, 5) is 1.32. The van der Waals surface area contributed by atoms with Crippen molar-refractivity contribution in [2.24, 2.45) is 0 Å². The molecule has 0 aliphatic rings. The zero-order chi connectivity index (χ0) is 25.8. The lowest BCUT2D eigenvalue weighted by Gasteiger charge is -2.12. The number of benzene rings is 7. The van der Waals surface area contributed by atoms with Crippen molar-refractivity contribution < 1.29 is 0 Å². The molecule has 182 valence electrons. The van der Waals surface area contributed by atoms with E-state index in [-0.39, 0.29) is 0 Å². The second kappa shape index (κ2) is 8.94. The van der Waals surface area contributed by atoms with E-state index in [1.165, 1.54) is 75.1 Å². The Kier molecular flexibility index (Phi) is 5.11. The molecular weight excluding hydrogens is 488 g/mol. The molecule has 0 bridgehead atoms. The number of thiophene rings is 1. The van der Waals surface area contributed by atoms with Gasteiger partial charge in [0.25, 0.3) is 0 Å². The first-order valence-corrected chi connectivity index (χ1v) is 14.2. The predicted octanol–water partition coefficient (Wildman–Crippen LogP) is 11.4. The van der Waals surface area contributed by atoms with E-state index < -0.39 is 0 Å². The molecule has 1 aromatic heterocycles. The van der Waals surface area contributed by atoms with Crippen LogP contribution in [0.15, 0.2) is 146 Å². The number of hydrogen-bond acceptors (Lipinski definition) is 1. The van der Waals surface area contributed by atoms with Gasteiger partial charge < -0.3 is 0 Å². The lowest BCUT2D eigenvalue weighted by Crippen LogP contribution is -1.85. The molecule has 0 amide bonds. The van der Waals surface area contributed by atoms with E-state index in [2.05, 4.69) is 146 Å². The molecule has 0 atom stereocenters. The van der Waals surface area contributed by atoms with Gasteiger partial charge in [-0.25, -0.2) is 0 Å². The van der Waals surface area contributed by atoms with E-state index in [0.717, 1.165) is 0 Å². The van der Waals surface area contributed by atoms with Gasteiger partial charge in [0.2, 0.25) is 0 Å². The summed E-state index contributed by atoms with van der Waals surface area (Å²) in [6, 6.07) is 53.1. The van der Waals surface area contributed by atoms with Crippen molar-refractivity contribution in [2.45, 2.75) is 0 Å². The minimum atomic E-state index is 1.26. The van der Waals surface area contributed by atoms with E-state index in [1.807, 2.05) is 11.3 Å². The van der Waals surface area contributed by atoms with Crippen molar-refractivity contribution in [1.29, 1.82) is 0 Å². The van der Waals surface area contributed by atoms with Crippen molar-refractivity contribution in [3.05, 3.63) is 146 Å². The van der Waals surface area contributed by atoms with Crippen molar-refractivity contribution >= 4 is 53.7 Å². The second-order valence-electron chi connectivity index (χ2n) is 10.1. The first kappa shape index (κ1) is 22.3. The van der Waals surface area contributed by atoms with E-state index in [1.54, 1.807) is 0 Å². The Morgan fingerprint density at radius 1 is 0.333 bits per heavy atom. The molecule has 8 aromatic rings. The Morgan fingerprint density at radius 2 is 0.846 bits per heavy atom. The number of hydrogen-bond donors (Lipinski definition) is 0. The van der Waals surface area contributed by atoms with E-state index in [0.29, 0.717) is 0 Å². The smallest absolute Gasteiger partial charge is 0.0434 e. The third-order valence-electron chi connectivity index (χ3n) is 7.87. The molecular formula is C38H24S. The summed E-state index contributed by atoms with van der Waals surface area (Å²) in [5.41, 5.74) is 6.39. The molecule has 0 radical (unpaired) electrons. The van der Waals surface area contributed by atoms with Gasteiger partial charge in [0, 0.05) is 20.5 Å². The zero-order valence-electron chi connectivity index (χ0n) is 21.3. The fourth-order valence-corrected chi connectivity index (χ4v) is 7.47. The van der Waals surface area contributed by atoms with Crippen LogP contribution < -0.4 is 0 Å². The lowest BCUT2D eigenvalue weighted by atomic mass is 9.91. The first-order valence-electron chi connectivity index (χ1n) is 13.4. The molecule has 0 saturated carbocycles. The van der Waals surface area contributed by atoms with Crippen LogP contribution in [0.2, 0.25) is 0 Å². The first-order chi connectivity index (χ1) is 19.4. The quantitative estimate of drug-likeness (QED) is 0.207. The average molecular weight is 513 g/mol. The topological polar surface area (TPSA) is 0 Å². The summed E-state index contributed by atoms with van der Waals surface area (Å²) < 4.78 is 1.33. The molecule has 7 aromatic carbocycles. The minimum Gasteiger partial charge on any atom is -0.134 e. The molecule has 0 unspecified atom stereocenters. The fraction of sp³-hybridized carbons (Fsp3) is 0. The molecule has 0 nitrogen and oxygen atoms in total. The van der Waals surface area contributed by atoms with Gasteiger partial charge in [-0.15, -0.1) is 11.3 Å². The highest BCUT2D eigenvalue weighted by Crippen LogP contribution is 2.48. The average Bonchev–Trinajstić information content (AvgIpc) is 3.42. The second-order valence-corrected chi connectivity index (χ2v) is 11.1. The van der Waals surface area contributed by atoms with Gasteiger partial charge in [0.1, 0.15) is 0 Å². The van der Waals surface area contributed by atoms with E-state index in [9.17, 15) is 0 Å². The van der Waals surface area contributed by atoms with Crippen LogP contribution in [0.1, 0.15) is 0 Å². The summed E-state index contributed by atoms with van der Waals surface area (Å²) in [6.45, 7) is 0. The van der Waals surface area contributed by atoms with Crippen LogP contribution in [-0.4, -0.2) is 0 Å². The summed E-state index contributed by atoms with van der Waals surface area (Å²) in [7, 11) is 0. The molecule has 0 saturated heterocycles. The van der Waals surface area contributed by atoms with Crippen LogP contribution in [0, 0.1) is 0 Å². The predicted molar refractivity (Wildman–Crippen MR) is 171 cm³/mol. The molecule has 0 spiro atoms. The SMILES string of the molecule is c1ccc(-c2sc3c(-c4ccc5c6ccccc6c6ccccc6c5c4)cccc3c2-c2ccccc2)cc1. The molecule has 8 rings (SSSR count). The molecule has 0 aliphatic heterocycles. The monoisotopic (exact) mass is 512 g/mol. The number of rotatable bonds is 3. The Morgan fingerprint density at radius 3 is 1.49 bits per heavy atom. The van der Waals surface area contributed by atoms with Gasteiger partial charge in [-0.2, -0.15) is 0 Å². The molecule has 0 N–H and O–H groups in total. The van der Waals surface area contributed by atoms with Crippen LogP contribution >= 0.6 is 11.3 Å². The Labute approximate surface area is 231 Å². The molecule has 39 heavy (non-hydrogen) atoms. The maximum Gasteiger partial charge on any atom is 0.0434 e. The Bertz CT molecular complexity index is 2120. The minimum absolute atomic E-state index is 1.26. The van der Waals surface area contributed by atoms with Gasteiger partial charge >= 0.3 is 0 Å². The molecule has 0 fully saturated rings. The largest absolute Gasteiger partial charge is 0.134 e. The molecule has 1 heterocycles. The summed E-state index contributed by atoms with van der Waals surface area (Å²) in [5, 5.41) is 9.17. The maximum atomic E-state index is 2.41. The summed E-state index contributed by atoms with van der Waals surface area (Å²) in [6.07, 6.45) is 0. The van der Waals surface area contributed by atoms with Gasteiger partial charge in [0.15, 0.2) is 0 Å². The van der Waals surface area contributed by atoms with E-state index >= 15 is 0 Å². The highest BCUT2D eigenvalue weighted by atomic mass is 32.1. The van der Waals surface area contributed by atoms with Crippen LogP contribution in [-0.2, 0) is 0 Å². The Balaban J connectivity index is 1.43. The third-order valence-corrected chi connectivity index (χ3v) is 9.16. The van der Waals surface area contributed by atoms with Gasteiger partial charge in [-0.05, 0) is 60.6 Å². The highest BCUT2D eigenvalue weighted by Gasteiger charge is 2.19. The van der Waals surface area contributed by atoms with Crippen molar-refractivity contribution in [3.63, 3.8) is 0 Å². The van der Waals surface area contributed by atoms with E-state index in [4.69, 9.17) is 0 Å².